The molecule has 4 heteroatoms. The molecule has 2 aromatic rings. The monoisotopic (exact) mass is 201 g/mol. The van der Waals surface area contributed by atoms with Crippen LogP contribution in [0.15, 0.2) is 46.2 Å². The summed E-state index contributed by atoms with van der Waals surface area (Å²) in [5, 5.41) is 7.64. The van der Waals surface area contributed by atoms with Crippen LogP contribution in [-0.2, 0) is 0 Å². The second-order valence-electron chi connectivity index (χ2n) is 2.75. The van der Waals surface area contributed by atoms with Gasteiger partial charge in [0.15, 0.2) is 0 Å². The first kappa shape index (κ1) is 8.81. The van der Waals surface area contributed by atoms with Crippen molar-refractivity contribution >= 4 is 17.0 Å². The molecule has 0 aliphatic rings. The van der Waals surface area contributed by atoms with Crippen molar-refractivity contribution in [3.63, 3.8) is 0 Å². The van der Waals surface area contributed by atoms with Crippen molar-refractivity contribution in [3.05, 3.63) is 51.5 Å². The summed E-state index contributed by atoms with van der Waals surface area (Å²) in [4.78, 5) is 2.73. The van der Waals surface area contributed by atoms with Gasteiger partial charge in [-0.15, -0.1) is 0 Å². The van der Waals surface area contributed by atoms with E-state index >= 15 is 0 Å². The molecule has 14 heavy (non-hydrogen) atoms. The van der Waals surface area contributed by atoms with Crippen molar-refractivity contribution in [2.75, 3.05) is 0 Å². The van der Waals surface area contributed by atoms with Gasteiger partial charge < -0.3 is 0 Å². The van der Waals surface area contributed by atoms with Crippen molar-refractivity contribution in [3.8, 4) is 11.1 Å². The molecule has 0 bridgehead atoms. The van der Waals surface area contributed by atoms with Crippen molar-refractivity contribution in [1.82, 2.24) is 0 Å². The first-order valence-corrected chi connectivity index (χ1v) is 5.02. The number of nitrogens with zero attached hydrogens (tertiary/aromatic N) is 3. The average molecular weight is 201 g/mol. The Bertz CT molecular complexity index is 453. The third-order valence-corrected chi connectivity index (χ3v) is 2.57. The molecule has 0 saturated heterocycles. The minimum absolute atomic E-state index is 0.645. The molecule has 0 saturated carbocycles. The van der Waals surface area contributed by atoms with Gasteiger partial charge in [-0.3, -0.25) is 0 Å². The van der Waals surface area contributed by atoms with E-state index in [4.69, 9.17) is 5.53 Å². The van der Waals surface area contributed by atoms with Crippen LogP contribution in [-0.4, -0.2) is 0 Å². The van der Waals surface area contributed by atoms with E-state index in [0.717, 1.165) is 5.56 Å². The smallest absolute Gasteiger partial charge is 0.0375 e. The van der Waals surface area contributed by atoms with Gasteiger partial charge in [-0.05, 0) is 33.5 Å². The highest BCUT2D eigenvalue weighted by atomic mass is 32.1. The molecule has 0 spiro atoms. The second kappa shape index (κ2) is 3.96. The number of azide groups is 1. The molecule has 0 unspecified atom stereocenters. The molecule has 0 amide bonds. The van der Waals surface area contributed by atoms with Crippen LogP contribution in [0.3, 0.4) is 0 Å². The van der Waals surface area contributed by atoms with Crippen LogP contribution in [0.4, 0.5) is 5.69 Å². The first-order valence-electron chi connectivity index (χ1n) is 4.08. The first-order chi connectivity index (χ1) is 6.90. The molecule has 0 radical (unpaired) electrons. The Morgan fingerprint density at radius 2 is 1.86 bits per heavy atom. The highest BCUT2D eigenvalue weighted by Crippen LogP contribution is 2.24. The maximum Gasteiger partial charge on any atom is 0.0375 e. The maximum atomic E-state index is 8.23. The SMILES string of the molecule is [N-]=[N+]=Nc1ccc(-c2ccsc2)cc1. The molecule has 2 rings (SSSR count). The minimum atomic E-state index is 0.645. The third-order valence-electron chi connectivity index (χ3n) is 1.88. The van der Waals surface area contributed by atoms with E-state index < -0.39 is 0 Å². The average Bonchev–Trinajstić information content (AvgIpc) is 2.72. The van der Waals surface area contributed by atoms with E-state index in [-0.39, 0.29) is 0 Å². The van der Waals surface area contributed by atoms with Crippen LogP contribution in [0.25, 0.3) is 21.6 Å². The molecule has 0 atom stereocenters. The zero-order valence-electron chi connectivity index (χ0n) is 7.29. The van der Waals surface area contributed by atoms with Gasteiger partial charge in [-0.1, -0.05) is 29.4 Å². The second-order valence-corrected chi connectivity index (χ2v) is 3.53. The Morgan fingerprint density at radius 3 is 2.43 bits per heavy atom. The molecular formula is C10H7N3S. The lowest BCUT2D eigenvalue weighted by atomic mass is 10.1. The van der Waals surface area contributed by atoms with Gasteiger partial charge in [0.1, 0.15) is 0 Å². The summed E-state index contributed by atoms with van der Waals surface area (Å²) in [6, 6.07) is 9.59. The van der Waals surface area contributed by atoms with Crippen LogP contribution >= 0.6 is 11.3 Å². The molecule has 0 aliphatic heterocycles. The zero-order valence-corrected chi connectivity index (χ0v) is 8.11. The minimum Gasteiger partial charge on any atom is -0.152 e. The summed E-state index contributed by atoms with van der Waals surface area (Å²) in [6.45, 7) is 0. The van der Waals surface area contributed by atoms with Crippen molar-refractivity contribution in [2.45, 2.75) is 0 Å². The summed E-state index contributed by atoms with van der Waals surface area (Å²) < 4.78 is 0. The number of hydrogen-bond acceptors (Lipinski definition) is 2. The highest BCUT2D eigenvalue weighted by Gasteiger charge is 1.96. The van der Waals surface area contributed by atoms with Gasteiger partial charge in [0.05, 0.1) is 0 Å². The van der Waals surface area contributed by atoms with E-state index in [1.807, 2.05) is 29.6 Å². The van der Waals surface area contributed by atoms with Crippen molar-refractivity contribution in [1.29, 1.82) is 0 Å². The molecule has 0 aliphatic carbocycles. The molecule has 1 aromatic heterocycles. The van der Waals surface area contributed by atoms with Gasteiger partial charge in [0.25, 0.3) is 0 Å². The molecule has 3 nitrogen and oxygen atoms in total. The van der Waals surface area contributed by atoms with Crippen LogP contribution in [0, 0.1) is 0 Å². The van der Waals surface area contributed by atoms with Gasteiger partial charge in [0, 0.05) is 10.6 Å². The van der Waals surface area contributed by atoms with Crippen LogP contribution in [0.1, 0.15) is 0 Å². The summed E-state index contributed by atoms with van der Waals surface area (Å²) in [6.07, 6.45) is 0. The maximum absolute atomic E-state index is 8.23. The number of hydrogen-bond donors (Lipinski definition) is 0. The van der Waals surface area contributed by atoms with Crippen LogP contribution in [0.2, 0.25) is 0 Å². The Balaban J connectivity index is 2.35. The Hall–Kier alpha value is -1.77. The van der Waals surface area contributed by atoms with E-state index in [1.54, 1.807) is 11.3 Å². The summed E-state index contributed by atoms with van der Waals surface area (Å²) >= 11 is 1.67. The molecular weight excluding hydrogens is 194 g/mol. The van der Waals surface area contributed by atoms with Gasteiger partial charge in [0.2, 0.25) is 0 Å². The van der Waals surface area contributed by atoms with Gasteiger partial charge in [-0.25, -0.2) is 0 Å². The Kier molecular flexibility index (Phi) is 2.49. The number of benzene rings is 1. The summed E-state index contributed by atoms with van der Waals surface area (Å²) in [7, 11) is 0. The topological polar surface area (TPSA) is 48.8 Å². The Labute approximate surface area is 85.3 Å². The normalized spacial score (nSPS) is 9.43. The predicted molar refractivity (Wildman–Crippen MR) is 58.6 cm³/mol. The highest BCUT2D eigenvalue weighted by molar-refractivity contribution is 7.08. The predicted octanol–water partition coefficient (Wildman–Crippen LogP) is 4.36. The van der Waals surface area contributed by atoms with E-state index in [0.29, 0.717) is 5.69 Å². The molecule has 1 heterocycles. The van der Waals surface area contributed by atoms with E-state index in [2.05, 4.69) is 21.5 Å². The lowest BCUT2D eigenvalue weighted by Gasteiger charge is -1.97. The fourth-order valence-corrected chi connectivity index (χ4v) is 1.87. The third kappa shape index (κ3) is 1.76. The Morgan fingerprint density at radius 1 is 1.07 bits per heavy atom. The van der Waals surface area contributed by atoms with E-state index in [9.17, 15) is 0 Å². The van der Waals surface area contributed by atoms with Gasteiger partial charge >= 0.3 is 0 Å². The van der Waals surface area contributed by atoms with Crippen LogP contribution < -0.4 is 0 Å². The summed E-state index contributed by atoms with van der Waals surface area (Å²) in [5.41, 5.74) is 11.2. The fourth-order valence-electron chi connectivity index (χ4n) is 1.20. The lowest BCUT2D eigenvalue weighted by molar-refractivity contribution is 1.48. The fraction of sp³-hybridized carbons (Fsp3) is 0. The van der Waals surface area contributed by atoms with Gasteiger partial charge in [-0.2, -0.15) is 11.3 Å². The zero-order chi connectivity index (χ0) is 9.80. The molecule has 68 valence electrons. The standard InChI is InChI=1S/C10H7N3S/c11-13-12-10-3-1-8(2-4-10)9-5-6-14-7-9/h1-7H. The van der Waals surface area contributed by atoms with Crippen molar-refractivity contribution in [2.24, 2.45) is 5.11 Å². The largest absolute Gasteiger partial charge is 0.152 e. The quantitative estimate of drug-likeness (QED) is 0.394. The molecule has 0 N–H and O–H groups in total. The van der Waals surface area contributed by atoms with Crippen LogP contribution in [0.5, 0.6) is 0 Å². The summed E-state index contributed by atoms with van der Waals surface area (Å²) in [5.74, 6) is 0. The number of thiophene rings is 1. The molecule has 1 aromatic carbocycles. The van der Waals surface area contributed by atoms with E-state index in [1.165, 1.54) is 5.56 Å². The number of rotatable bonds is 2. The molecule has 0 fully saturated rings. The van der Waals surface area contributed by atoms with Crippen molar-refractivity contribution < 1.29 is 0 Å². The lowest BCUT2D eigenvalue weighted by Crippen LogP contribution is -1.70.